The van der Waals surface area contributed by atoms with Gasteiger partial charge in [0, 0.05) is 0 Å². The minimum atomic E-state index is -0.971. The van der Waals surface area contributed by atoms with Gasteiger partial charge >= 0.3 is 0 Å². The van der Waals surface area contributed by atoms with Crippen LogP contribution in [0.25, 0.3) is 0 Å². The van der Waals surface area contributed by atoms with Gasteiger partial charge in [0.1, 0.15) is 6.10 Å². The van der Waals surface area contributed by atoms with Crippen LogP contribution in [0.4, 0.5) is 0 Å². The highest BCUT2D eigenvalue weighted by atomic mass is 35.5. The van der Waals surface area contributed by atoms with Gasteiger partial charge in [-0.2, -0.15) is 0 Å². The maximum absolute atomic E-state index is 10.0. The van der Waals surface area contributed by atoms with Crippen LogP contribution in [0.2, 0.25) is 0 Å². The SMILES string of the molecule is CC(=O)[C@H](O)CCl. The molecule has 42 valence electrons. The molecule has 0 saturated carbocycles. The van der Waals surface area contributed by atoms with Crippen molar-refractivity contribution in [2.24, 2.45) is 0 Å². The van der Waals surface area contributed by atoms with Crippen LogP contribution in [0.3, 0.4) is 0 Å². The van der Waals surface area contributed by atoms with Crippen molar-refractivity contribution in [2.45, 2.75) is 13.0 Å². The van der Waals surface area contributed by atoms with Crippen LogP contribution in [-0.4, -0.2) is 22.9 Å². The molecule has 1 atom stereocenters. The summed E-state index contributed by atoms with van der Waals surface area (Å²) in [5.74, 6) is -0.287. The Morgan fingerprint density at radius 2 is 2.43 bits per heavy atom. The highest BCUT2D eigenvalue weighted by Gasteiger charge is 2.04. The van der Waals surface area contributed by atoms with E-state index in [-0.39, 0.29) is 11.7 Å². The number of rotatable bonds is 2. The molecule has 0 rings (SSSR count). The summed E-state index contributed by atoms with van der Waals surface area (Å²) in [4.78, 5) is 10.0. The average molecular weight is 123 g/mol. The van der Waals surface area contributed by atoms with E-state index in [1.807, 2.05) is 0 Å². The standard InChI is InChI=1S/C4H7ClO2/c1-3(6)4(7)2-5/h4,7H,2H2,1H3/t4-/m1/s1. The summed E-state index contributed by atoms with van der Waals surface area (Å²) >= 11 is 5.08. The fourth-order valence-corrected chi connectivity index (χ4v) is 0.326. The van der Waals surface area contributed by atoms with Crippen molar-refractivity contribution in [1.29, 1.82) is 0 Å². The van der Waals surface area contributed by atoms with Crippen molar-refractivity contribution >= 4 is 17.4 Å². The van der Waals surface area contributed by atoms with E-state index in [1.165, 1.54) is 6.92 Å². The lowest BCUT2D eigenvalue weighted by Crippen LogP contribution is -2.17. The molecule has 0 unspecified atom stereocenters. The number of alkyl halides is 1. The largest absolute Gasteiger partial charge is 0.384 e. The fraction of sp³-hybridized carbons (Fsp3) is 0.750. The Morgan fingerprint density at radius 1 is 2.00 bits per heavy atom. The summed E-state index contributed by atoms with van der Waals surface area (Å²) in [5, 5.41) is 8.45. The third-order valence-corrected chi connectivity index (χ3v) is 0.908. The maximum atomic E-state index is 10.0. The topological polar surface area (TPSA) is 37.3 Å². The number of ketones is 1. The van der Waals surface area contributed by atoms with Gasteiger partial charge in [-0.25, -0.2) is 0 Å². The molecule has 7 heavy (non-hydrogen) atoms. The quantitative estimate of drug-likeness (QED) is 0.531. The molecule has 0 aromatic carbocycles. The van der Waals surface area contributed by atoms with Crippen molar-refractivity contribution in [3.05, 3.63) is 0 Å². The molecule has 0 aliphatic carbocycles. The van der Waals surface area contributed by atoms with E-state index in [0.717, 1.165) is 0 Å². The van der Waals surface area contributed by atoms with Crippen molar-refractivity contribution in [2.75, 3.05) is 5.88 Å². The minimum Gasteiger partial charge on any atom is -0.384 e. The Balaban J connectivity index is 3.34. The van der Waals surface area contributed by atoms with Crippen LogP contribution in [0, 0.1) is 0 Å². The zero-order valence-electron chi connectivity index (χ0n) is 4.02. The predicted molar refractivity (Wildman–Crippen MR) is 27.4 cm³/mol. The first-order valence-corrected chi connectivity index (χ1v) is 2.46. The average Bonchev–Trinajstić information content (AvgIpc) is 1.65. The second-order valence-corrected chi connectivity index (χ2v) is 1.59. The third-order valence-electron chi connectivity index (χ3n) is 0.615. The van der Waals surface area contributed by atoms with Crippen LogP contribution in [0.15, 0.2) is 0 Å². The summed E-state index contributed by atoms with van der Waals surface area (Å²) in [5.41, 5.74) is 0. The van der Waals surface area contributed by atoms with Gasteiger partial charge in [0.15, 0.2) is 5.78 Å². The van der Waals surface area contributed by atoms with Gasteiger partial charge in [-0.1, -0.05) is 0 Å². The van der Waals surface area contributed by atoms with Crippen LogP contribution in [-0.2, 0) is 4.79 Å². The fourth-order valence-electron chi connectivity index (χ4n) is 0.109. The van der Waals surface area contributed by atoms with Crippen LogP contribution < -0.4 is 0 Å². The third kappa shape index (κ3) is 2.60. The highest BCUT2D eigenvalue weighted by Crippen LogP contribution is 1.86. The smallest absolute Gasteiger partial charge is 0.159 e. The van der Waals surface area contributed by atoms with Crippen LogP contribution >= 0.6 is 11.6 Å². The number of aliphatic hydroxyl groups excluding tert-OH is 1. The van der Waals surface area contributed by atoms with Crippen molar-refractivity contribution < 1.29 is 9.90 Å². The van der Waals surface area contributed by atoms with E-state index in [0.29, 0.717) is 0 Å². The molecular formula is C4H7ClO2. The first-order valence-electron chi connectivity index (χ1n) is 1.93. The van der Waals surface area contributed by atoms with Gasteiger partial charge in [-0.15, -0.1) is 11.6 Å². The normalized spacial score (nSPS) is 13.6. The molecule has 0 saturated heterocycles. The summed E-state index contributed by atoms with van der Waals surface area (Å²) in [7, 11) is 0. The Bertz CT molecular complexity index is 72.1. The number of carbonyl (C=O) groups excluding carboxylic acids is 1. The number of halogens is 1. The lowest BCUT2D eigenvalue weighted by Gasteiger charge is -1.96. The molecule has 0 radical (unpaired) electrons. The molecular weight excluding hydrogens is 115 g/mol. The Morgan fingerprint density at radius 3 is 2.43 bits per heavy atom. The summed E-state index contributed by atoms with van der Waals surface area (Å²) in [6.45, 7) is 1.30. The summed E-state index contributed by atoms with van der Waals surface area (Å²) in [6, 6.07) is 0. The molecule has 0 amide bonds. The lowest BCUT2D eigenvalue weighted by atomic mass is 10.3. The number of Topliss-reactive ketones (excluding diaryl/α,β-unsaturated/α-hetero) is 1. The molecule has 0 aromatic heterocycles. The molecule has 0 bridgehead atoms. The number of hydrogen-bond acceptors (Lipinski definition) is 2. The first kappa shape index (κ1) is 6.92. The van der Waals surface area contributed by atoms with E-state index in [1.54, 1.807) is 0 Å². The van der Waals surface area contributed by atoms with Gasteiger partial charge < -0.3 is 5.11 Å². The van der Waals surface area contributed by atoms with Gasteiger partial charge in [0.05, 0.1) is 5.88 Å². The predicted octanol–water partition coefficient (Wildman–Crippen LogP) is 0.175. The molecule has 0 aromatic rings. The molecule has 0 aliphatic rings. The van der Waals surface area contributed by atoms with Gasteiger partial charge in [0.25, 0.3) is 0 Å². The van der Waals surface area contributed by atoms with E-state index < -0.39 is 6.10 Å². The molecule has 1 N–H and O–H groups in total. The summed E-state index contributed by atoms with van der Waals surface area (Å²) < 4.78 is 0. The van der Waals surface area contributed by atoms with Crippen molar-refractivity contribution in [1.82, 2.24) is 0 Å². The van der Waals surface area contributed by atoms with E-state index in [2.05, 4.69) is 0 Å². The van der Waals surface area contributed by atoms with E-state index in [4.69, 9.17) is 16.7 Å². The molecule has 0 spiro atoms. The van der Waals surface area contributed by atoms with Crippen molar-refractivity contribution in [3.8, 4) is 0 Å². The first-order chi connectivity index (χ1) is 3.18. The zero-order chi connectivity index (χ0) is 5.86. The van der Waals surface area contributed by atoms with Gasteiger partial charge in [-0.05, 0) is 6.92 Å². The Hall–Kier alpha value is -0.0800. The molecule has 0 heterocycles. The highest BCUT2D eigenvalue weighted by molar-refractivity contribution is 6.19. The lowest BCUT2D eigenvalue weighted by molar-refractivity contribution is -0.123. The Labute approximate surface area is 47.1 Å². The van der Waals surface area contributed by atoms with Gasteiger partial charge in [-0.3, -0.25) is 4.79 Å². The molecule has 3 heteroatoms. The zero-order valence-corrected chi connectivity index (χ0v) is 4.77. The van der Waals surface area contributed by atoms with Crippen LogP contribution in [0.5, 0.6) is 0 Å². The summed E-state index contributed by atoms with van der Waals surface area (Å²) in [6.07, 6.45) is -0.971. The molecule has 0 fully saturated rings. The second kappa shape index (κ2) is 2.99. The van der Waals surface area contributed by atoms with E-state index >= 15 is 0 Å². The number of carbonyl (C=O) groups is 1. The monoisotopic (exact) mass is 122 g/mol. The molecule has 2 nitrogen and oxygen atoms in total. The van der Waals surface area contributed by atoms with Crippen LogP contribution in [0.1, 0.15) is 6.92 Å². The van der Waals surface area contributed by atoms with E-state index in [9.17, 15) is 4.79 Å². The Kier molecular flexibility index (Phi) is 2.96. The maximum Gasteiger partial charge on any atom is 0.159 e. The molecule has 0 aliphatic heterocycles. The number of aliphatic hydroxyl groups is 1. The van der Waals surface area contributed by atoms with Crippen molar-refractivity contribution in [3.63, 3.8) is 0 Å². The minimum absolute atomic E-state index is 0.00463. The second-order valence-electron chi connectivity index (χ2n) is 1.28. The number of hydrogen-bond donors (Lipinski definition) is 1. The van der Waals surface area contributed by atoms with Gasteiger partial charge in [0.2, 0.25) is 0 Å².